The lowest BCUT2D eigenvalue weighted by atomic mass is 9.74. The van der Waals surface area contributed by atoms with Gasteiger partial charge in [0.05, 0.1) is 24.6 Å². The fourth-order valence-corrected chi connectivity index (χ4v) is 5.42. The molecule has 2 aromatic rings. The minimum atomic E-state index is -2.94. The first-order chi connectivity index (χ1) is 16.5. The summed E-state index contributed by atoms with van der Waals surface area (Å²) in [6.45, 7) is 1.38. The zero-order chi connectivity index (χ0) is 23.5. The highest BCUT2D eigenvalue weighted by molar-refractivity contribution is 5.95. The fourth-order valence-electron chi connectivity index (χ4n) is 5.42. The topological polar surface area (TPSA) is 96.3 Å². The number of amides is 1. The molecule has 4 heterocycles. The number of ether oxygens (including phenoxy) is 1. The molecule has 4 unspecified atom stereocenters. The summed E-state index contributed by atoms with van der Waals surface area (Å²) < 4.78 is 30.9. The molecule has 9 nitrogen and oxygen atoms in total. The van der Waals surface area contributed by atoms with Crippen molar-refractivity contribution in [2.24, 2.45) is 5.92 Å². The number of rotatable bonds is 8. The second kappa shape index (κ2) is 10.3. The van der Waals surface area contributed by atoms with Crippen LogP contribution in [0.1, 0.15) is 43.6 Å². The van der Waals surface area contributed by atoms with E-state index in [1.54, 1.807) is 0 Å². The molecule has 0 spiro atoms. The van der Waals surface area contributed by atoms with Gasteiger partial charge >= 0.3 is 6.61 Å². The molecule has 5 rings (SSSR count). The van der Waals surface area contributed by atoms with Crippen LogP contribution in [0.2, 0.25) is 0 Å². The maximum atomic E-state index is 13.0. The molecule has 3 aliphatic rings. The van der Waals surface area contributed by atoms with Crippen molar-refractivity contribution < 1.29 is 18.3 Å². The Hall–Kier alpha value is -2.63. The number of nitrogens with one attached hydrogen (secondary N) is 3. The number of pyridine rings is 1. The van der Waals surface area contributed by atoms with Gasteiger partial charge < -0.3 is 15.0 Å². The lowest BCUT2D eigenvalue weighted by molar-refractivity contribution is -0.119. The molecule has 184 valence electrons. The van der Waals surface area contributed by atoms with Gasteiger partial charge in [-0.2, -0.15) is 13.9 Å². The van der Waals surface area contributed by atoms with Gasteiger partial charge in [-0.15, -0.1) is 0 Å². The van der Waals surface area contributed by atoms with Crippen LogP contribution >= 0.6 is 0 Å². The predicted octanol–water partition coefficient (Wildman–Crippen LogP) is 2.34. The molecule has 11 heteroatoms. The lowest BCUT2D eigenvalue weighted by Crippen LogP contribution is -2.42. The number of anilines is 1. The second-order valence-electron chi connectivity index (χ2n) is 9.39. The van der Waals surface area contributed by atoms with E-state index in [2.05, 4.69) is 42.1 Å². The molecule has 0 radical (unpaired) electrons. The van der Waals surface area contributed by atoms with Crippen molar-refractivity contribution in [1.29, 1.82) is 0 Å². The van der Waals surface area contributed by atoms with Gasteiger partial charge in [-0.05, 0) is 62.7 Å². The third kappa shape index (κ3) is 5.37. The van der Waals surface area contributed by atoms with E-state index in [4.69, 9.17) is 0 Å². The van der Waals surface area contributed by atoms with E-state index < -0.39 is 12.7 Å². The van der Waals surface area contributed by atoms with Crippen LogP contribution in [0, 0.1) is 5.92 Å². The standard InChI is InChI=1S/C23H31F2N7O2/c24-23(25)34-20-6-4-17(13-26-20)28-22(33)21-18-11-15(3-5-19(18)29-30-21)16-12-27-32(14-16)10-9-31-7-1-2-8-31/h4,6,12-15,18-19,21,23,29-30H,1-3,5,7-11H2,(H,28,33). The molecule has 1 saturated carbocycles. The molecular weight excluding hydrogens is 444 g/mol. The summed E-state index contributed by atoms with van der Waals surface area (Å²) in [5.74, 6) is 0.142. The summed E-state index contributed by atoms with van der Waals surface area (Å²) in [6.07, 6.45) is 11.0. The summed E-state index contributed by atoms with van der Waals surface area (Å²) in [5, 5.41) is 7.42. The van der Waals surface area contributed by atoms with Crippen molar-refractivity contribution in [3.63, 3.8) is 0 Å². The van der Waals surface area contributed by atoms with Gasteiger partial charge in [0.15, 0.2) is 0 Å². The van der Waals surface area contributed by atoms with E-state index in [9.17, 15) is 13.6 Å². The Morgan fingerprint density at radius 3 is 2.79 bits per heavy atom. The monoisotopic (exact) mass is 475 g/mol. The number of aromatic nitrogens is 3. The van der Waals surface area contributed by atoms with Gasteiger partial charge in [-0.1, -0.05) is 0 Å². The summed E-state index contributed by atoms with van der Waals surface area (Å²) in [7, 11) is 0. The molecule has 3 N–H and O–H groups in total. The molecule has 3 fully saturated rings. The van der Waals surface area contributed by atoms with Crippen molar-refractivity contribution >= 4 is 11.6 Å². The average Bonchev–Trinajstić information content (AvgIpc) is 3.58. The maximum absolute atomic E-state index is 13.0. The molecule has 0 bridgehead atoms. The Balaban J connectivity index is 1.17. The molecule has 0 aromatic carbocycles. The van der Waals surface area contributed by atoms with Crippen molar-refractivity contribution in [3.05, 3.63) is 36.3 Å². The van der Waals surface area contributed by atoms with E-state index >= 15 is 0 Å². The summed E-state index contributed by atoms with van der Waals surface area (Å²) in [4.78, 5) is 19.3. The van der Waals surface area contributed by atoms with E-state index in [-0.39, 0.29) is 23.7 Å². The van der Waals surface area contributed by atoms with Gasteiger partial charge in [0.25, 0.3) is 0 Å². The first kappa shape index (κ1) is 23.1. The number of carbonyl (C=O) groups is 1. The Labute approximate surface area is 197 Å². The highest BCUT2D eigenvalue weighted by atomic mass is 19.3. The molecule has 2 aromatic heterocycles. The number of halogens is 2. The van der Waals surface area contributed by atoms with Crippen LogP contribution in [-0.2, 0) is 11.3 Å². The largest absolute Gasteiger partial charge is 0.417 e. The molecule has 2 aliphatic heterocycles. The number of hydrazine groups is 1. The first-order valence-corrected chi connectivity index (χ1v) is 12.0. The number of fused-ring (bicyclic) bond motifs is 1. The van der Waals surface area contributed by atoms with Gasteiger partial charge in [0, 0.05) is 30.8 Å². The van der Waals surface area contributed by atoms with E-state index in [1.165, 1.54) is 49.8 Å². The molecule has 1 aliphatic carbocycles. The molecular formula is C23H31F2N7O2. The third-order valence-corrected chi connectivity index (χ3v) is 7.22. The average molecular weight is 476 g/mol. The summed E-state index contributed by atoms with van der Waals surface area (Å²) in [6, 6.07) is 2.65. The van der Waals surface area contributed by atoms with Gasteiger partial charge in [0.1, 0.15) is 6.04 Å². The number of likely N-dealkylation sites (tertiary alicyclic amines) is 1. The van der Waals surface area contributed by atoms with Crippen LogP contribution in [0.25, 0.3) is 0 Å². The van der Waals surface area contributed by atoms with Crippen LogP contribution < -0.4 is 20.9 Å². The van der Waals surface area contributed by atoms with Crippen LogP contribution in [-0.4, -0.2) is 63.9 Å². The zero-order valence-corrected chi connectivity index (χ0v) is 19.0. The first-order valence-electron chi connectivity index (χ1n) is 12.0. The minimum absolute atomic E-state index is 0.140. The van der Waals surface area contributed by atoms with Gasteiger partial charge in [-0.25, -0.2) is 10.4 Å². The van der Waals surface area contributed by atoms with Crippen LogP contribution in [0.3, 0.4) is 0 Å². The van der Waals surface area contributed by atoms with E-state index in [1.807, 2.05) is 10.9 Å². The number of nitrogens with zero attached hydrogens (tertiary/aromatic N) is 4. The SMILES string of the molecule is O=C(Nc1ccc(OC(F)F)nc1)C1NNC2CCC(c3cnn(CCN4CCCC4)c3)CC21. The van der Waals surface area contributed by atoms with Crippen LogP contribution in [0.4, 0.5) is 14.5 Å². The maximum Gasteiger partial charge on any atom is 0.388 e. The molecule has 1 amide bonds. The minimum Gasteiger partial charge on any atom is -0.417 e. The Morgan fingerprint density at radius 2 is 2.03 bits per heavy atom. The van der Waals surface area contributed by atoms with Crippen LogP contribution in [0.5, 0.6) is 5.88 Å². The van der Waals surface area contributed by atoms with Gasteiger partial charge in [0.2, 0.25) is 11.8 Å². The smallest absolute Gasteiger partial charge is 0.388 e. The highest BCUT2D eigenvalue weighted by Gasteiger charge is 2.44. The normalized spacial score (nSPS) is 27.1. The Kier molecular flexibility index (Phi) is 7.02. The van der Waals surface area contributed by atoms with Crippen molar-refractivity contribution in [2.45, 2.75) is 63.3 Å². The highest BCUT2D eigenvalue weighted by Crippen LogP contribution is 2.39. The molecule has 34 heavy (non-hydrogen) atoms. The van der Waals surface area contributed by atoms with Crippen molar-refractivity contribution in [3.8, 4) is 5.88 Å². The number of carbonyl (C=O) groups excluding carboxylic acids is 1. The van der Waals surface area contributed by atoms with Gasteiger partial charge in [-0.3, -0.25) is 14.9 Å². The summed E-state index contributed by atoms with van der Waals surface area (Å²) >= 11 is 0. The number of hydrogen-bond acceptors (Lipinski definition) is 7. The fraction of sp³-hybridized carbons (Fsp3) is 0.609. The quantitative estimate of drug-likeness (QED) is 0.539. The molecule has 2 saturated heterocycles. The number of hydrogen-bond donors (Lipinski definition) is 3. The van der Waals surface area contributed by atoms with E-state index in [0.29, 0.717) is 11.6 Å². The lowest BCUT2D eigenvalue weighted by Gasteiger charge is -2.32. The van der Waals surface area contributed by atoms with Crippen LogP contribution in [0.15, 0.2) is 30.7 Å². The summed E-state index contributed by atoms with van der Waals surface area (Å²) in [5.41, 5.74) is 8.11. The molecule has 4 atom stereocenters. The predicted molar refractivity (Wildman–Crippen MR) is 121 cm³/mol. The van der Waals surface area contributed by atoms with E-state index in [0.717, 1.165) is 32.4 Å². The second-order valence-corrected chi connectivity index (χ2v) is 9.39. The number of alkyl halides is 2. The third-order valence-electron chi connectivity index (χ3n) is 7.22. The Bertz CT molecular complexity index is 964. The zero-order valence-electron chi connectivity index (χ0n) is 19.0. The van der Waals surface area contributed by atoms with Crippen molar-refractivity contribution in [1.82, 2.24) is 30.5 Å². The Morgan fingerprint density at radius 1 is 1.18 bits per heavy atom. The van der Waals surface area contributed by atoms with Crippen molar-refractivity contribution in [2.75, 3.05) is 25.0 Å².